The molecule has 0 radical (unpaired) electrons. The molecule has 248 valence electrons. The predicted octanol–water partition coefficient (Wildman–Crippen LogP) is 6.10. The van der Waals surface area contributed by atoms with Crippen molar-refractivity contribution in [2.24, 2.45) is 0 Å². The molecular formula is C33H32ClF2N9O2S. The van der Waals surface area contributed by atoms with Crippen LogP contribution in [0.4, 0.5) is 25.4 Å². The van der Waals surface area contributed by atoms with Gasteiger partial charge in [0.05, 0.1) is 34.0 Å². The third-order valence-electron chi connectivity index (χ3n) is 9.33. The van der Waals surface area contributed by atoms with E-state index in [1.54, 1.807) is 24.2 Å². The molecule has 4 atom stereocenters. The number of thiophene rings is 1. The van der Waals surface area contributed by atoms with E-state index in [1.165, 1.54) is 18.3 Å². The molecule has 0 unspecified atom stereocenters. The molecule has 0 spiro atoms. The van der Waals surface area contributed by atoms with Gasteiger partial charge in [0.25, 0.3) is 0 Å². The summed E-state index contributed by atoms with van der Waals surface area (Å²) in [6.45, 7) is 5.69. The summed E-state index contributed by atoms with van der Waals surface area (Å²) in [7, 11) is 1.78. The molecule has 2 aromatic carbocycles. The first-order valence-corrected chi connectivity index (χ1v) is 16.7. The SMILES string of the molecule is C[C@@H]1CN2[C@H](CC[C@H]2COc2nc(N(C)[C@H](C)c3nccnc3N)c3cc(Cl)c(-c4ccc(F)c5sc(N)c(C#N)c45)c(F)c3n2)CO1. The molecule has 4 N–H and O–H groups in total. The second-order valence-electron chi connectivity index (χ2n) is 12.2. The van der Waals surface area contributed by atoms with Gasteiger partial charge in [-0.25, -0.2) is 13.8 Å². The predicted molar refractivity (Wildman–Crippen MR) is 182 cm³/mol. The molecule has 0 amide bonds. The van der Waals surface area contributed by atoms with Gasteiger partial charge >= 0.3 is 6.01 Å². The van der Waals surface area contributed by atoms with E-state index in [0.29, 0.717) is 36.2 Å². The summed E-state index contributed by atoms with van der Waals surface area (Å²) in [5.41, 5.74) is 12.9. The van der Waals surface area contributed by atoms with E-state index in [9.17, 15) is 9.65 Å². The van der Waals surface area contributed by atoms with Gasteiger partial charge in [-0.1, -0.05) is 17.7 Å². The van der Waals surface area contributed by atoms with Gasteiger partial charge in [-0.3, -0.25) is 9.88 Å². The minimum Gasteiger partial charge on any atom is -0.462 e. The number of nitriles is 1. The topological polar surface area (TPSA) is 152 Å². The maximum absolute atomic E-state index is 17.0. The highest BCUT2D eigenvalue weighted by Gasteiger charge is 2.38. The molecule has 0 bridgehead atoms. The van der Waals surface area contributed by atoms with Gasteiger partial charge in [0.15, 0.2) is 5.82 Å². The Morgan fingerprint density at radius 3 is 2.79 bits per heavy atom. The van der Waals surface area contributed by atoms with E-state index in [2.05, 4.69) is 26.8 Å². The number of hydrogen-bond donors (Lipinski definition) is 2. The smallest absolute Gasteiger partial charge is 0.319 e. The van der Waals surface area contributed by atoms with Crippen LogP contribution in [0, 0.1) is 23.0 Å². The molecule has 5 heterocycles. The van der Waals surface area contributed by atoms with E-state index >= 15 is 4.39 Å². The maximum atomic E-state index is 17.0. The van der Waals surface area contributed by atoms with Gasteiger partial charge in [0, 0.05) is 54.4 Å². The zero-order valence-corrected chi connectivity index (χ0v) is 27.9. The molecule has 3 aromatic heterocycles. The summed E-state index contributed by atoms with van der Waals surface area (Å²) >= 11 is 7.76. The largest absolute Gasteiger partial charge is 0.462 e. The summed E-state index contributed by atoms with van der Waals surface area (Å²) in [5.74, 6) is -0.786. The fourth-order valence-corrected chi connectivity index (χ4v) is 8.01. The molecule has 0 saturated carbocycles. The van der Waals surface area contributed by atoms with Gasteiger partial charge < -0.3 is 25.8 Å². The molecule has 2 saturated heterocycles. The minimum atomic E-state index is -0.782. The summed E-state index contributed by atoms with van der Waals surface area (Å²) in [4.78, 5) is 22.1. The first kappa shape index (κ1) is 32.1. The van der Waals surface area contributed by atoms with Crippen molar-refractivity contribution in [3.8, 4) is 23.2 Å². The Balaban J connectivity index is 1.37. The lowest BCUT2D eigenvalue weighted by molar-refractivity contribution is -0.0556. The summed E-state index contributed by atoms with van der Waals surface area (Å²) in [6, 6.07) is 6.16. The van der Waals surface area contributed by atoms with Crippen LogP contribution >= 0.6 is 22.9 Å². The second-order valence-corrected chi connectivity index (χ2v) is 13.6. The first-order valence-electron chi connectivity index (χ1n) is 15.5. The summed E-state index contributed by atoms with van der Waals surface area (Å²) in [6.07, 6.45) is 5.07. The van der Waals surface area contributed by atoms with Crippen LogP contribution in [0.3, 0.4) is 0 Å². The molecular weight excluding hydrogens is 660 g/mol. The van der Waals surface area contributed by atoms with Crippen molar-refractivity contribution in [3.05, 3.63) is 58.5 Å². The van der Waals surface area contributed by atoms with E-state index in [0.717, 1.165) is 30.7 Å². The van der Waals surface area contributed by atoms with Crippen LogP contribution in [-0.4, -0.2) is 69.8 Å². The van der Waals surface area contributed by atoms with Crippen LogP contribution in [-0.2, 0) is 4.74 Å². The number of halogens is 3. The fourth-order valence-electron chi connectivity index (χ4n) is 6.76. The Labute approximate surface area is 284 Å². The molecule has 7 rings (SSSR count). The molecule has 0 aliphatic carbocycles. The molecule has 2 aliphatic rings. The standard InChI is InChI=1S/C33H32ClF2N9O2S/c1-15-12-45-17(13-46-15)4-5-18(45)14-47-33-42-28-20(32(43-33)44(3)16(2)27-30(38)41-9-8-40-27)10-22(34)25(26(28)36)19-6-7-23(35)29-24(19)21(11-37)31(39)48-29/h6-10,15-18H,4-5,12-14,39H2,1-3H3,(H2,38,41)/t15-,16-,17-,18+/m1/s1. The lowest BCUT2D eigenvalue weighted by Crippen LogP contribution is -2.49. The number of nitrogens with zero attached hydrogens (tertiary/aromatic N) is 7. The summed E-state index contributed by atoms with van der Waals surface area (Å²) in [5, 5.41) is 10.5. The number of benzene rings is 2. The number of morpholine rings is 1. The Bertz CT molecular complexity index is 2110. The Morgan fingerprint density at radius 1 is 1.23 bits per heavy atom. The third kappa shape index (κ3) is 5.40. The van der Waals surface area contributed by atoms with Gasteiger partial charge in [-0.15, -0.1) is 11.3 Å². The van der Waals surface area contributed by atoms with Crippen molar-refractivity contribution in [1.82, 2.24) is 24.8 Å². The van der Waals surface area contributed by atoms with E-state index in [1.807, 2.05) is 13.0 Å². The lowest BCUT2D eigenvalue weighted by atomic mass is 9.97. The third-order valence-corrected chi connectivity index (χ3v) is 10.7. The van der Waals surface area contributed by atoms with Crippen LogP contribution in [0.2, 0.25) is 5.02 Å². The number of anilines is 3. The molecule has 15 heteroatoms. The minimum absolute atomic E-state index is 0.0126. The molecule has 2 fully saturated rings. The van der Waals surface area contributed by atoms with Gasteiger partial charge in [-0.2, -0.15) is 15.2 Å². The highest BCUT2D eigenvalue weighted by atomic mass is 35.5. The van der Waals surface area contributed by atoms with Crippen molar-refractivity contribution in [2.75, 3.05) is 43.2 Å². The second kappa shape index (κ2) is 12.6. The first-order chi connectivity index (χ1) is 23.1. The van der Waals surface area contributed by atoms with Crippen LogP contribution < -0.4 is 21.1 Å². The van der Waals surface area contributed by atoms with Gasteiger partial charge in [0.2, 0.25) is 0 Å². The lowest BCUT2D eigenvalue weighted by Gasteiger charge is -2.37. The fraction of sp³-hybridized carbons (Fsp3) is 0.364. The number of hydrogen-bond acceptors (Lipinski definition) is 12. The van der Waals surface area contributed by atoms with Crippen LogP contribution in [0.25, 0.3) is 32.1 Å². The van der Waals surface area contributed by atoms with Crippen molar-refractivity contribution in [2.45, 2.75) is 50.9 Å². The highest BCUT2D eigenvalue weighted by molar-refractivity contribution is 7.23. The average Bonchev–Trinajstić information content (AvgIpc) is 3.64. The molecule has 48 heavy (non-hydrogen) atoms. The highest BCUT2D eigenvalue weighted by Crippen LogP contribution is 2.46. The Hall–Kier alpha value is -4.42. The number of nitrogens with two attached hydrogens (primary N) is 2. The number of nitrogen functional groups attached to an aromatic ring is 2. The van der Waals surface area contributed by atoms with Crippen LogP contribution in [0.15, 0.2) is 30.6 Å². The van der Waals surface area contributed by atoms with Crippen LogP contribution in [0.5, 0.6) is 6.01 Å². The zero-order valence-electron chi connectivity index (χ0n) is 26.4. The quantitative estimate of drug-likeness (QED) is 0.204. The van der Waals surface area contributed by atoms with Crippen molar-refractivity contribution >= 4 is 60.6 Å². The molecule has 5 aromatic rings. The van der Waals surface area contributed by atoms with Crippen molar-refractivity contribution < 1.29 is 18.3 Å². The average molecular weight is 692 g/mol. The van der Waals surface area contributed by atoms with E-state index in [4.69, 9.17) is 37.5 Å². The number of aromatic nitrogens is 4. The summed E-state index contributed by atoms with van der Waals surface area (Å²) < 4.78 is 44.1. The van der Waals surface area contributed by atoms with Crippen molar-refractivity contribution in [3.63, 3.8) is 0 Å². The maximum Gasteiger partial charge on any atom is 0.319 e. The Kier molecular flexibility index (Phi) is 8.41. The zero-order chi connectivity index (χ0) is 33.9. The number of ether oxygens (including phenoxy) is 2. The van der Waals surface area contributed by atoms with E-state index < -0.39 is 17.7 Å². The normalized spacial score (nSPS) is 20.1. The van der Waals surface area contributed by atoms with Crippen molar-refractivity contribution in [1.29, 1.82) is 5.26 Å². The van der Waals surface area contributed by atoms with Gasteiger partial charge in [0.1, 0.15) is 46.3 Å². The van der Waals surface area contributed by atoms with Gasteiger partial charge in [-0.05, 0) is 44.4 Å². The van der Waals surface area contributed by atoms with E-state index in [-0.39, 0.29) is 66.3 Å². The Morgan fingerprint density at radius 2 is 2.02 bits per heavy atom. The molecule has 11 nitrogen and oxygen atoms in total. The van der Waals surface area contributed by atoms with Crippen LogP contribution in [0.1, 0.15) is 44.0 Å². The number of fused-ring (bicyclic) bond motifs is 3. The number of rotatable bonds is 7. The monoisotopic (exact) mass is 691 g/mol. The molecule has 2 aliphatic heterocycles.